The van der Waals surface area contributed by atoms with E-state index in [1.165, 1.54) is 4.90 Å². The number of nitrogens with zero attached hydrogens (tertiary/aromatic N) is 3. The molecule has 2 aromatic carbocycles. The molecule has 37 heavy (non-hydrogen) atoms. The van der Waals surface area contributed by atoms with Crippen LogP contribution < -0.4 is 10.8 Å². The van der Waals surface area contributed by atoms with Crippen molar-refractivity contribution >= 4 is 17.5 Å². The first-order valence-corrected chi connectivity index (χ1v) is 12.1. The maximum atomic E-state index is 12.6. The predicted molar refractivity (Wildman–Crippen MR) is 142 cm³/mol. The number of morpholine rings is 1. The zero-order valence-corrected chi connectivity index (χ0v) is 20.8. The van der Waals surface area contributed by atoms with Gasteiger partial charge in [-0.15, -0.1) is 0 Å². The molecule has 4 rings (SSSR count). The minimum atomic E-state index is -0.152. The average Bonchev–Trinajstić information content (AvgIpc) is 2.93. The number of carbonyl (C=O) groups is 2. The van der Waals surface area contributed by atoms with Gasteiger partial charge in [0.2, 0.25) is 0 Å². The zero-order valence-electron chi connectivity index (χ0n) is 20.8. The van der Waals surface area contributed by atoms with Crippen LogP contribution in [0.5, 0.6) is 0 Å². The number of aliphatic hydroxyl groups excluding tert-OH is 1. The number of ether oxygens (including phenoxy) is 1. The van der Waals surface area contributed by atoms with Gasteiger partial charge in [0.05, 0.1) is 19.8 Å². The molecule has 9 heteroatoms. The van der Waals surface area contributed by atoms with Gasteiger partial charge in [-0.1, -0.05) is 18.7 Å². The Hall–Kier alpha value is -4.21. The fourth-order valence-corrected chi connectivity index (χ4v) is 3.99. The summed E-state index contributed by atoms with van der Waals surface area (Å²) in [7, 11) is 1.66. The molecule has 0 aliphatic carbocycles. The van der Waals surface area contributed by atoms with Crippen molar-refractivity contribution in [3.63, 3.8) is 0 Å². The molecule has 0 saturated carbocycles. The lowest BCUT2D eigenvalue weighted by Crippen LogP contribution is -2.40. The second kappa shape index (κ2) is 12.2. The Balaban J connectivity index is 1.47. The first-order chi connectivity index (χ1) is 18.0. The lowest BCUT2D eigenvalue weighted by atomic mass is 10.0. The molecule has 2 amide bonds. The zero-order chi connectivity index (χ0) is 26.2. The third-order valence-corrected chi connectivity index (χ3v) is 6.02. The number of amides is 2. The van der Waals surface area contributed by atoms with Gasteiger partial charge >= 0.3 is 0 Å². The van der Waals surface area contributed by atoms with Crippen molar-refractivity contribution < 1.29 is 19.4 Å². The summed E-state index contributed by atoms with van der Waals surface area (Å²) >= 11 is 0. The van der Waals surface area contributed by atoms with Crippen LogP contribution in [0.2, 0.25) is 0 Å². The molecule has 0 spiro atoms. The molecule has 1 fully saturated rings. The van der Waals surface area contributed by atoms with Gasteiger partial charge < -0.3 is 29.9 Å². The lowest BCUT2D eigenvalue weighted by molar-refractivity contribution is 0.0303. The van der Waals surface area contributed by atoms with Crippen molar-refractivity contribution in [3.05, 3.63) is 95.9 Å². The van der Waals surface area contributed by atoms with Crippen molar-refractivity contribution in [3.8, 4) is 11.1 Å². The first-order valence-electron chi connectivity index (χ1n) is 12.1. The molecular weight excluding hydrogens is 470 g/mol. The highest BCUT2D eigenvalue weighted by Crippen LogP contribution is 2.18. The van der Waals surface area contributed by atoms with Crippen LogP contribution in [0.25, 0.3) is 11.1 Å². The summed E-state index contributed by atoms with van der Waals surface area (Å²) in [5.74, 6) is 0.267. The molecule has 9 nitrogen and oxygen atoms in total. The average molecular weight is 502 g/mol. The smallest absolute Gasteiger partial charge is 0.254 e. The normalized spacial score (nSPS) is 13.8. The van der Waals surface area contributed by atoms with Crippen molar-refractivity contribution in [2.45, 2.75) is 0 Å². The summed E-state index contributed by atoms with van der Waals surface area (Å²) < 4.78 is 5.32. The number of aromatic nitrogens is 1. The number of nitrogens with one attached hydrogen (secondary N) is 2. The molecule has 192 valence electrons. The predicted octanol–water partition coefficient (Wildman–Crippen LogP) is 2.70. The van der Waals surface area contributed by atoms with Crippen LogP contribution in [0.4, 0.5) is 5.69 Å². The van der Waals surface area contributed by atoms with E-state index in [1.54, 1.807) is 42.4 Å². The van der Waals surface area contributed by atoms with E-state index in [9.17, 15) is 9.59 Å². The number of carbonyl (C=O) groups excluding carboxylic acids is 2. The number of aromatic amines is 1. The summed E-state index contributed by atoms with van der Waals surface area (Å²) in [6.07, 6.45) is 1.78. The minimum Gasteiger partial charge on any atom is -0.395 e. The van der Waals surface area contributed by atoms with Crippen LogP contribution in [-0.2, 0) is 4.74 Å². The lowest BCUT2D eigenvalue weighted by Gasteiger charge is -2.26. The van der Waals surface area contributed by atoms with Gasteiger partial charge in [0.25, 0.3) is 11.8 Å². The number of anilines is 1. The van der Waals surface area contributed by atoms with Gasteiger partial charge in [-0.05, 0) is 54.1 Å². The topological polar surface area (TPSA) is 110 Å². The van der Waals surface area contributed by atoms with Crippen LogP contribution in [0.1, 0.15) is 20.7 Å². The first kappa shape index (κ1) is 25.9. The quantitative estimate of drug-likeness (QED) is 0.440. The van der Waals surface area contributed by atoms with Crippen LogP contribution in [-0.4, -0.2) is 78.2 Å². The number of hydrogen-bond acceptors (Lipinski definition) is 6. The number of hydrogen-bond donors (Lipinski definition) is 3. The number of benzene rings is 2. The Labute approximate surface area is 215 Å². The fraction of sp³-hybridized carbons (Fsp3) is 0.250. The molecule has 3 aromatic rings. The maximum absolute atomic E-state index is 12.6. The van der Waals surface area contributed by atoms with Crippen molar-refractivity contribution in [1.82, 2.24) is 14.8 Å². The van der Waals surface area contributed by atoms with Crippen molar-refractivity contribution in [2.24, 2.45) is 4.99 Å². The van der Waals surface area contributed by atoms with E-state index in [1.807, 2.05) is 36.4 Å². The Kier molecular flexibility index (Phi) is 8.50. The molecule has 1 saturated heterocycles. The summed E-state index contributed by atoms with van der Waals surface area (Å²) in [6, 6.07) is 18.3. The van der Waals surface area contributed by atoms with Gasteiger partial charge in [-0.25, -0.2) is 4.99 Å². The fourth-order valence-electron chi connectivity index (χ4n) is 3.99. The molecular formula is C28H31N5O4. The van der Waals surface area contributed by atoms with E-state index in [-0.39, 0.29) is 25.0 Å². The Morgan fingerprint density at radius 3 is 2.43 bits per heavy atom. The minimum absolute atomic E-state index is 0.00495. The number of aliphatic hydroxyl groups is 1. The molecule has 0 unspecified atom stereocenters. The van der Waals surface area contributed by atoms with E-state index < -0.39 is 0 Å². The molecule has 0 radical (unpaired) electrons. The van der Waals surface area contributed by atoms with Crippen molar-refractivity contribution in [2.75, 3.05) is 51.8 Å². The summed E-state index contributed by atoms with van der Waals surface area (Å²) in [5, 5.41) is 12.2. The second-order valence-electron chi connectivity index (χ2n) is 8.63. The Morgan fingerprint density at radius 2 is 1.76 bits per heavy atom. The molecule has 1 aliphatic rings. The number of likely N-dealkylation sites (N-methyl/N-ethyl adjacent to an activating group) is 1. The van der Waals surface area contributed by atoms with E-state index in [0.29, 0.717) is 48.7 Å². The maximum Gasteiger partial charge on any atom is 0.254 e. The van der Waals surface area contributed by atoms with Gasteiger partial charge in [0, 0.05) is 55.3 Å². The van der Waals surface area contributed by atoms with Crippen LogP contribution in [0.3, 0.4) is 0 Å². The molecule has 1 aromatic heterocycles. The van der Waals surface area contributed by atoms with Gasteiger partial charge in [0.1, 0.15) is 11.3 Å². The van der Waals surface area contributed by atoms with E-state index in [2.05, 4.69) is 21.9 Å². The van der Waals surface area contributed by atoms with E-state index in [0.717, 1.165) is 16.8 Å². The Morgan fingerprint density at radius 1 is 1.08 bits per heavy atom. The summed E-state index contributed by atoms with van der Waals surface area (Å²) in [4.78, 5) is 36.1. The van der Waals surface area contributed by atoms with E-state index in [4.69, 9.17) is 9.84 Å². The van der Waals surface area contributed by atoms with Gasteiger partial charge in [-0.2, -0.15) is 0 Å². The monoisotopic (exact) mass is 501 g/mol. The van der Waals surface area contributed by atoms with E-state index >= 15 is 0 Å². The number of H-pyrrole nitrogens is 1. The highest BCUT2D eigenvalue weighted by Gasteiger charge is 2.18. The second-order valence-corrected chi connectivity index (χ2v) is 8.63. The number of rotatable bonds is 8. The highest BCUT2D eigenvalue weighted by molar-refractivity contribution is 5.95. The van der Waals surface area contributed by atoms with Crippen LogP contribution in [0.15, 0.2) is 84.3 Å². The molecule has 2 heterocycles. The molecule has 0 atom stereocenters. The molecule has 3 N–H and O–H groups in total. The van der Waals surface area contributed by atoms with Crippen molar-refractivity contribution in [1.29, 1.82) is 0 Å². The number of pyridine rings is 1. The van der Waals surface area contributed by atoms with Gasteiger partial charge in [0.15, 0.2) is 0 Å². The summed E-state index contributed by atoms with van der Waals surface area (Å²) in [6.45, 7) is 6.55. The standard InChI is InChI=1S/C28H31N5O4/c1-20(30-24-11-9-23(10-12-24)28(36)33-15-18-37-19-16-33)31-26-25(4-3-13-29-26)21-5-7-22(8-6-21)27(35)32(2)14-17-34/h3-13,30,34H,1,14-19H2,2H3,(H,29,31). The molecule has 1 aliphatic heterocycles. The molecule has 0 bridgehead atoms. The SMILES string of the molecule is C=C(/N=c1\[nH]cccc1-c1ccc(C(=O)N(C)CCO)cc1)Nc1ccc(C(=O)N2CCOCC2)cc1. The van der Waals surface area contributed by atoms with Crippen LogP contribution >= 0.6 is 0 Å². The third-order valence-electron chi connectivity index (χ3n) is 6.02. The Bertz CT molecular complexity index is 1310. The van der Waals surface area contributed by atoms with Gasteiger partial charge in [-0.3, -0.25) is 9.59 Å². The summed E-state index contributed by atoms with van der Waals surface area (Å²) in [5.41, 5.74) is 4.27. The van der Waals surface area contributed by atoms with Crippen LogP contribution in [0, 0.1) is 0 Å². The highest BCUT2D eigenvalue weighted by atomic mass is 16.5. The third kappa shape index (κ3) is 6.52. The largest absolute Gasteiger partial charge is 0.395 e.